The van der Waals surface area contributed by atoms with E-state index in [0.29, 0.717) is 11.8 Å². The molecule has 2 saturated heterocycles. The van der Waals surface area contributed by atoms with E-state index in [2.05, 4.69) is 21.2 Å². The SMILES string of the molecule is Cl.O=C(Cc1ccccc1Br)N1CCC2(CCNC2)CC1. The fourth-order valence-electron chi connectivity index (χ4n) is 3.37. The number of halogens is 2. The highest BCUT2D eigenvalue weighted by Crippen LogP contribution is 2.37. The molecule has 2 aliphatic rings. The van der Waals surface area contributed by atoms with Crippen molar-refractivity contribution in [1.82, 2.24) is 10.2 Å². The van der Waals surface area contributed by atoms with Crippen LogP contribution in [-0.4, -0.2) is 37.0 Å². The zero-order valence-electron chi connectivity index (χ0n) is 12.1. The van der Waals surface area contributed by atoms with E-state index in [-0.39, 0.29) is 18.3 Å². The van der Waals surface area contributed by atoms with Crippen molar-refractivity contribution in [3.8, 4) is 0 Å². The highest BCUT2D eigenvalue weighted by atomic mass is 79.9. The van der Waals surface area contributed by atoms with Crippen molar-refractivity contribution in [3.63, 3.8) is 0 Å². The Bertz CT molecular complexity index is 493. The summed E-state index contributed by atoms with van der Waals surface area (Å²) in [6, 6.07) is 7.99. The van der Waals surface area contributed by atoms with Gasteiger partial charge < -0.3 is 10.2 Å². The Labute approximate surface area is 141 Å². The molecule has 2 aliphatic heterocycles. The Balaban J connectivity index is 0.00000161. The first-order valence-electron chi connectivity index (χ1n) is 7.40. The molecular weight excluding hydrogens is 352 g/mol. The zero-order valence-corrected chi connectivity index (χ0v) is 14.5. The number of likely N-dealkylation sites (tertiary alicyclic amines) is 1. The summed E-state index contributed by atoms with van der Waals surface area (Å²) in [6.07, 6.45) is 4.09. The molecule has 116 valence electrons. The second kappa shape index (κ2) is 7.12. The van der Waals surface area contributed by atoms with Gasteiger partial charge in [-0.25, -0.2) is 0 Å². The Morgan fingerprint density at radius 2 is 1.95 bits per heavy atom. The van der Waals surface area contributed by atoms with Crippen molar-refractivity contribution in [3.05, 3.63) is 34.3 Å². The first-order valence-corrected chi connectivity index (χ1v) is 8.20. The lowest BCUT2D eigenvalue weighted by Gasteiger charge is -2.39. The summed E-state index contributed by atoms with van der Waals surface area (Å²) in [6.45, 7) is 4.13. The molecule has 0 aliphatic carbocycles. The van der Waals surface area contributed by atoms with Crippen LogP contribution in [0.25, 0.3) is 0 Å². The Kier molecular flexibility index (Phi) is 5.69. The monoisotopic (exact) mass is 372 g/mol. The maximum atomic E-state index is 12.4. The predicted octanol–water partition coefficient (Wildman–Crippen LogP) is 3.02. The number of nitrogens with zero attached hydrogens (tertiary/aromatic N) is 1. The quantitative estimate of drug-likeness (QED) is 0.864. The van der Waals surface area contributed by atoms with Gasteiger partial charge in [0.15, 0.2) is 0 Å². The van der Waals surface area contributed by atoms with Crippen molar-refractivity contribution in [2.24, 2.45) is 5.41 Å². The van der Waals surface area contributed by atoms with Crippen molar-refractivity contribution in [2.75, 3.05) is 26.2 Å². The van der Waals surface area contributed by atoms with Crippen LogP contribution in [0.2, 0.25) is 0 Å². The van der Waals surface area contributed by atoms with Crippen LogP contribution in [0.3, 0.4) is 0 Å². The van der Waals surface area contributed by atoms with Crippen molar-refractivity contribution in [2.45, 2.75) is 25.7 Å². The number of carbonyl (C=O) groups is 1. The lowest BCUT2D eigenvalue weighted by molar-refractivity contribution is -0.132. The average molecular weight is 374 g/mol. The number of benzene rings is 1. The molecular formula is C16H22BrClN2O. The van der Waals surface area contributed by atoms with Crippen molar-refractivity contribution >= 4 is 34.2 Å². The number of piperidine rings is 1. The van der Waals surface area contributed by atoms with E-state index in [1.165, 1.54) is 6.42 Å². The Hall–Kier alpha value is -0.580. The Morgan fingerprint density at radius 1 is 1.24 bits per heavy atom. The number of hydrogen-bond acceptors (Lipinski definition) is 2. The van der Waals surface area contributed by atoms with Crippen LogP contribution in [0.15, 0.2) is 28.7 Å². The van der Waals surface area contributed by atoms with Crippen LogP contribution in [0.4, 0.5) is 0 Å². The molecule has 1 spiro atoms. The van der Waals surface area contributed by atoms with Crippen LogP contribution < -0.4 is 5.32 Å². The van der Waals surface area contributed by atoms with Crippen LogP contribution in [0.5, 0.6) is 0 Å². The molecule has 3 rings (SSSR count). The number of nitrogens with one attached hydrogen (secondary N) is 1. The number of rotatable bonds is 2. The lowest BCUT2D eigenvalue weighted by Crippen LogP contribution is -2.44. The zero-order chi connectivity index (χ0) is 14.0. The topological polar surface area (TPSA) is 32.3 Å². The summed E-state index contributed by atoms with van der Waals surface area (Å²) in [5.41, 5.74) is 1.56. The second-order valence-corrected chi connectivity index (χ2v) is 6.93. The molecule has 0 atom stereocenters. The molecule has 0 radical (unpaired) electrons. The molecule has 3 nitrogen and oxygen atoms in total. The number of hydrogen-bond donors (Lipinski definition) is 1. The van der Waals surface area contributed by atoms with Gasteiger partial charge >= 0.3 is 0 Å². The van der Waals surface area contributed by atoms with Gasteiger partial charge in [0.05, 0.1) is 6.42 Å². The first kappa shape index (κ1) is 16.8. The van der Waals surface area contributed by atoms with E-state index in [4.69, 9.17) is 0 Å². The van der Waals surface area contributed by atoms with E-state index >= 15 is 0 Å². The maximum absolute atomic E-state index is 12.4. The third-order valence-electron chi connectivity index (χ3n) is 4.81. The van der Waals surface area contributed by atoms with Crippen LogP contribution in [0, 0.1) is 5.41 Å². The highest BCUT2D eigenvalue weighted by molar-refractivity contribution is 9.10. The fraction of sp³-hybridized carbons (Fsp3) is 0.562. The molecule has 0 saturated carbocycles. The maximum Gasteiger partial charge on any atom is 0.227 e. The van der Waals surface area contributed by atoms with E-state index in [9.17, 15) is 4.79 Å². The number of amides is 1. The smallest absolute Gasteiger partial charge is 0.227 e. The van der Waals surface area contributed by atoms with Crippen LogP contribution in [-0.2, 0) is 11.2 Å². The van der Waals surface area contributed by atoms with Gasteiger partial charge in [-0.05, 0) is 42.9 Å². The molecule has 0 bridgehead atoms. The molecule has 21 heavy (non-hydrogen) atoms. The standard InChI is InChI=1S/C16H21BrN2O.ClH/c17-14-4-2-1-3-13(14)11-15(20)19-9-6-16(7-10-19)5-8-18-12-16;/h1-4,18H,5-12H2;1H. The third kappa shape index (κ3) is 3.79. The molecule has 1 amide bonds. The predicted molar refractivity (Wildman–Crippen MR) is 90.8 cm³/mol. The van der Waals surface area contributed by atoms with E-state index in [0.717, 1.165) is 49.1 Å². The van der Waals surface area contributed by atoms with Gasteiger partial charge in [0.2, 0.25) is 5.91 Å². The summed E-state index contributed by atoms with van der Waals surface area (Å²) in [5, 5.41) is 3.46. The molecule has 0 unspecified atom stereocenters. The molecule has 1 aromatic carbocycles. The van der Waals surface area contributed by atoms with E-state index in [1.54, 1.807) is 0 Å². The summed E-state index contributed by atoms with van der Waals surface area (Å²) >= 11 is 3.52. The van der Waals surface area contributed by atoms with Gasteiger partial charge in [-0.2, -0.15) is 0 Å². The minimum Gasteiger partial charge on any atom is -0.342 e. The normalized spacial score (nSPS) is 20.3. The minimum absolute atomic E-state index is 0. The van der Waals surface area contributed by atoms with Crippen molar-refractivity contribution in [1.29, 1.82) is 0 Å². The van der Waals surface area contributed by atoms with Gasteiger partial charge in [0, 0.05) is 24.1 Å². The fourth-order valence-corrected chi connectivity index (χ4v) is 3.79. The lowest BCUT2D eigenvalue weighted by atomic mass is 9.78. The van der Waals surface area contributed by atoms with E-state index < -0.39 is 0 Å². The van der Waals surface area contributed by atoms with Gasteiger partial charge in [-0.1, -0.05) is 34.1 Å². The summed E-state index contributed by atoms with van der Waals surface area (Å²) in [7, 11) is 0. The van der Waals surface area contributed by atoms with Crippen LogP contribution >= 0.6 is 28.3 Å². The van der Waals surface area contributed by atoms with Gasteiger partial charge in [-0.3, -0.25) is 4.79 Å². The first-order chi connectivity index (χ1) is 9.69. The molecule has 0 aromatic heterocycles. The summed E-state index contributed by atoms with van der Waals surface area (Å²) in [5.74, 6) is 0.262. The van der Waals surface area contributed by atoms with Gasteiger partial charge in [0.25, 0.3) is 0 Å². The Morgan fingerprint density at radius 3 is 2.57 bits per heavy atom. The second-order valence-electron chi connectivity index (χ2n) is 6.08. The third-order valence-corrected chi connectivity index (χ3v) is 5.58. The van der Waals surface area contributed by atoms with Gasteiger partial charge in [0.1, 0.15) is 0 Å². The molecule has 1 N–H and O–H groups in total. The summed E-state index contributed by atoms with van der Waals surface area (Å²) < 4.78 is 1.03. The average Bonchev–Trinajstić information content (AvgIpc) is 2.90. The minimum atomic E-state index is 0. The largest absolute Gasteiger partial charge is 0.342 e. The highest BCUT2D eigenvalue weighted by Gasteiger charge is 2.37. The van der Waals surface area contributed by atoms with Gasteiger partial charge in [-0.15, -0.1) is 12.4 Å². The van der Waals surface area contributed by atoms with Crippen LogP contribution in [0.1, 0.15) is 24.8 Å². The number of carbonyl (C=O) groups excluding carboxylic acids is 1. The molecule has 5 heteroatoms. The molecule has 2 fully saturated rings. The summed E-state index contributed by atoms with van der Waals surface area (Å²) in [4.78, 5) is 14.5. The van der Waals surface area contributed by atoms with E-state index in [1.807, 2.05) is 29.2 Å². The molecule has 1 aromatic rings. The molecule has 2 heterocycles. The van der Waals surface area contributed by atoms with Crippen molar-refractivity contribution < 1.29 is 4.79 Å².